The first-order chi connectivity index (χ1) is 10.3. The van der Waals surface area contributed by atoms with Gasteiger partial charge in [0, 0.05) is 12.2 Å². The SMILES string of the molecule is CCc1ccccc1NCc1nc2ccccc2n1CC. The molecule has 0 aliphatic carbocycles. The van der Waals surface area contributed by atoms with Gasteiger partial charge in [0.25, 0.3) is 0 Å². The summed E-state index contributed by atoms with van der Waals surface area (Å²) in [6.07, 6.45) is 1.04. The minimum absolute atomic E-state index is 0.750. The summed E-state index contributed by atoms with van der Waals surface area (Å²) in [7, 11) is 0. The van der Waals surface area contributed by atoms with Crippen LogP contribution in [0.25, 0.3) is 11.0 Å². The van der Waals surface area contributed by atoms with Crippen LogP contribution < -0.4 is 5.32 Å². The number of nitrogens with one attached hydrogen (secondary N) is 1. The van der Waals surface area contributed by atoms with E-state index in [9.17, 15) is 0 Å². The monoisotopic (exact) mass is 279 g/mol. The van der Waals surface area contributed by atoms with Gasteiger partial charge in [0.1, 0.15) is 5.82 Å². The molecule has 0 atom stereocenters. The van der Waals surface area contributed by atoms with Crippen LogP contribution in [0.1, 0.15) is 25.2 Å². The van der Waals surface area contributed by atoms with Gasteiger partial charge in [0.05, 0.1) is 17.6 Å². The van der Waals surface area contributed by atoms with E-state index in [0.29, 0.717) is 0 Å². The third kappa shape index (κ3) is 2.64. The summed E-state index contributed by atoms with van der Waals surface area (Å²) in [5, 5.41) is 3.53. The number of fused-ring (bicyclic) bond motifs is 1. The van der Waals surface area contributed by atoms with E-state index >= 15 is 0 Å². The first kappa shape index (κ1) is 13.7. The van der Waals surface area contributed by atoms with Gasteiger partial charge >= 0.3 is 0 Å². The summed E-state index contributed by atoms with van der Waals surface area (Å²) >= 11 is 0. The Balaban J connectivity index is 1.88. The second-order valence-corrected chi connectivity index (χ2v) is 5.13. The molecule has 2 aromatic carbocycles. The Morgan fingerprint density at radius 1 is 1.00 bits per heavy atom. The summed E-state index contributed by atoms with van der Waals surface area (Å²) in [5.74, 6) is 1.09. The molecule has 0 fully saturated rings. The maximum Gasteiger partial charge on any atom is 0.129 e. The normalized spacial score (nSPS) is 11.0. The second-order valence-electron chi connectivity index (χ2n) is 5.13. The molecule has 21 heavy (non-hydrogen) atoms. The van der Waals surface area contributed by atoms with E-state index < -0.39 is 0 Å². The Hall–Kier alpha value is -2.29. The summed E-state index contributed by atoms with van der Waals surface area (Å²) in [6.45, 7) is 6.03. The summed E-state index contributed by atoms with van der Waals surface area (Å²) in [6, 6.07) is 16.8. The number of hydrogen-bond acceptors (Lipinski definition) is 2. The summed E-state index contributed by atoms with van der Waals surface area (Å²) in [5.41, 5.74) is 4.83. The highest BCUT2D eigenvalue weighted by molar-refractivity contribution is 5.76. The summed E-state index contributed by atoms with van der Waals surface area (Å²) in [4.78, 5) is 4.75. The Morgan fingerprint density at radius 3 is 2.57 bits per heavy atom. The number of hydrogen-bond donors (Lipinski definition) is 1. The smallest absolute Gasteiger partial charge is 0.129 e. The average Bonchev–Trinajstić information content (AvgIpc) is 2.90. The van der Waals surface area contributed by atoms with Crippen LogP contribution in [0.3, 0.4) is 0 Å². The van der Waals surface area contributed by atoms with E-state index in [0.717, 1.165) is 30.9 Å². The Labute approximate surface area is 125 Å². The van der Waals surface area contributed by atoms with Crippen molar-refractivity contribution in [2.45, 2.75) is 33.4 Å². The quantitative estimate of drug-likeness (QED) is 0.757. The molecule has 0 amide bonds. The maximum absolute atomic E-state index is 4.75. The highest BCUT2D eigenvalue weighted by Gasteiger charge is 2.09. The van der Waals surface area contributed by atoms with E-state index in [-0.39, 0.29) is 0 Å². The fourth-order valence-corrected chi connectivity index (χ4v) is 2.79. The molecule has 1 N–H and O–H groups in total. The lowest BCUT2D eigenvalue weighted by Gasteiger charge is -2.11. The Bertz CT molecular complexity index is 743. The van der Waals surface area contributed by atoms with Crippen LogP contribution in [0.5, 0.6) is 0 Å². The average molecular weight is 279 g/mol. The van der Waals surface area contributed by atoms with Crippen LogP contribution in [0.15, 0.2) is 48.5 Å². The van der Waals surface area contributed by atoms with Crippen molar-refractivity contribution in [3.8, 4) is 0 Å². The van der Waals surface area contributed by atoms with Crippen LogP contribution in [0, 0.1) is 0 Å². The zero-order chi connectivity index (χ0) is 14.7. The van der Waals surface area contributed by atoms with E-state index in [1.54, 1.807) is 0 Å². The van der Waals surface area contributed by atoms with Crippen molar-refractivity contribution >= 4 is 16.7 Å². The lowest BCUT2D eigenvalue weighted by atomic mass is 10.1. The molecule has 1 aromatic heterocycles. The van der Waals surface area contributed by atoms with E-state index in [2.05, 4.69) is 66.2 Å². The van der Waals surface area contributed by atoms with Gasteiger partial charge in [-0.3, -0.25) is 0 Å². The topological polar surface area (TPSA) is 29.9 Å². The van der Waals surface area contributed by atoms with Crippen LogP contribution >= 0.6 is 0 Å². The zero-order valence-corrected chi connectivity index (χ0v) is 12.6. The molecular formula is C18H21N3. The molecular weight excluding hydrogens is 258 g/mol. The standard InChI is InChI=1S/C18H21N3/c1-3-14-9-5-6-10-15(14)19-13-18-20-16-11-7-8-12-17(16)21(18)4-2/h5-12,19H,3-4,13H2,1-2H3. The lowest BCUT2D eigenvalue weighted by Crippen LogP contribution is -2.09. The van der Waals surface area contributed by atoms with Gasteiger partial charge in [-0.25, -0.2) is 4.98 Å². The van der Waals surface area contributed by atoms with Crippen LogP contribution in [0.2, 0.25) is 0 Å². The molecule has 3 aromatic rings. The molecule has 0 aliphatic heterocycles. The van der Waals surface area contributed by atoms with Gasteiger partial charge in [-0.2, -0.15) is 0 Å². The third-order valence-electron chi connectivity index (χ3n) is 3.89. The highest BCUT2D eigenvalue weighted by Crippen LogP contribution is 2.19. The number of nitrogens with zero attached hydrogens (tertiary/aromatic N) is 2. The van der Waals surface area contributed by atoms with Gasteiger partial charge in [0.2, 0.25) is 0 Å². The number of aromatic nitrogens is 2. The lowest BCUT2D eigenvalue weighted by molar-refractivity contribution is 0.728. The van der Waals surface area contributed by atoms with Crippen LogP contribution in [-0.4, -0.2) is 9.55 Å². The first-order valence-electron chi connectivity index (χ1n) is 7.59. The predicted molar refractivity (Wildman–Crippen MR) is 88.6 cm³/mol. The minimum atomic E-state index is 0.750. The molecule has 0 unspecified atom stereocenters. The molecule has 0 spiro atoms. The van der Waals surface area contributed by atoms with Crippen molar-refractivity contribution in [1.29, 1.82) is 0 Å². The van der Waals surface area contributed by atoms with E-state index in [1.807, 2.05) is 6.07 Å². The molecule has 0 radical (unpaired) electrons. The van der Waals surface area contributed by atoms with Crippen molar-refractivity contribution in [3.63, 3.8) is 0 Å². The largest absolute Gasteiger partial charge is 0.378 e. The molecule has 0 saturated carbocycles. The third-order valence-corrected chi connectivity index (χ3v) is 3.89. The maximum atomic E-state index is 4.75. The van der Waals surface area contributed by atoms with Gasteiger partial charge in [-0.15, -0.1) is 0 Å². The van der Waals surface area contributed by atoms with Crippen molar-refractivity contribution < 1.29 is 0 Å². The van der Waals surface area contributed by atoms with Crippen molar-refractivity contribution in [2.24, 2.45) is 0 Å². The predicted octanol–water partition coefficient (Wildman–Crippen LogP) is 4.23. The number of para-hydroxylation sites is 3. The Morgan fingerprint density at radius 2 is 1.76 bits per heavy atom. The molecule has 0 aliphatic rings. The van der Waals surface area contributed by atoms with Gasteiger partial charge < -0.3 is 9.88 Å². The fraction of sp³-hybridized carbons (Fsp3) is 0.278. The summed E-state index contributed by atoms with van der Waals surface area (Å²) < 4.78 is 2.27. The zero-order valence-electron chi connectivity index (χ0n) is 12.6. The number of imidazole rings is 1. The molecule has 1 heterocycles. The number of rotatable bonds is 5. The van der Waals surface area contributed by atoms with Gasteiger partial charge in [-0.05, 0) is 37.1 Å². The Kier molecular flexibility index (Phi) is 3.91. The molecule has 0 saturated heterocycles. The minimum Gasteiger partial charge on any atom is -0.378 e. The van der Waals surface area contributed by atoms with Gasteiger partial charge in [-0.1, -0.05) is 37.3 Å². The number of anilines is 1. The number of benzene rings is 2. The highest BCUT2D eigenvalue weighted by atomic mass is 15.1. The van der Waals surface area contributed by atoms with Crippen molar-refractivity contribution in [3.05, 3.63) is 59.9 Å². The molecule has 3 rings (SSSR count). The molecule has 3 heteroatoms. The van der Waals surface area contributed by atoms with E-state index in [1.165, 1.54) is 16.8 Å². The fourth-order valence-electron chi connectivity index (χ4n) is 2.79. The van der Waals surface area contributed by atoms with Gasteiger partial charge in [0.15, 0.2) is 0 Å². The van der Waals surface area contributed by atoms with E-state index in [4.69, 9.17) is 4.98 Å². The van der Waals surface area contributed by atoms with Crippen molar-refractivity contribution in [2.75, 3.05) is 5.32 Å². The second kappa shape index (κ2) is 6.00. The number of aryl methyl sites for hydroxylation is 2. The molecule has 0 bridgehead atoms. The molecule has 3 nitrogen and oxygen atoms in total. The first-order valence-corrected chi connectivity index (χ1v) is 7.59. The van der Waals surface area contributed by atoms with Crippen LogP contribution in [-0.2, 0) is 19.5 Å². The molecule has 108 valence electrons. The van der Waals surface area contributed by atoms with Crippen LogP contribution in [0.4, 0.5) is 5.69 Å². The van der Waals surface area contributed by atoms with Crippen molar-refractivity contribution in [1.82, 2.24) is 9.55 Å².